The first-order chi connectivity index (χ1) is 19.8. The summed E-state index contributed by atoms with van der Waals surface area (Å²) in [6.45, 7) is 8.50. The number of benzene rings is 2. The normalized spacial score (nSPS) is 17.8. The third-order valence-corrected chi connectivity index (χ3v) is 7.95. The highest BCUT2D eigenvalue weighted by molar-refractivity contribution is 5.69. The van der Waals surface area contributed by atoms with Gasteiger partial charge < -0.3 is 41.2 Å². The van der Waals surface area contributed by atoms with Crippen molar-refractivity contribution in [2.45, 2.75) is 38.5 Å². The summed E-state index contributed by atoms with van der Waals surface area (Å²) >= 11 is 0. The van der Waals surface area contributed by atoms with Crippen LogP contribution in [0.3, 0.4) is 0 Å². The maximum atomic E-state index is 10.3. The molecular weight excluding hydrogens is 520 g/mol. The molecule has 3 aromatic rings. The Balaban J connectivity index is 1.33. The molecule has 1 atom stereocenters. The molecule has 1 aromatic heterocycles. The minimum atomic E-state index is -1.32. The van der Waals surface area contributed by atoms with Gasteiger partial charge in [-0.3, -0.25) is 4.90 Å². The predicted molar refractivity (Wildman–Crippen MR) is 162 cm³/mol. The van der Waals surface area contributed by atoms with Crippen molar-refractivity contribution >= 4 is 22.9 Å². The highest BCUT2D eigenvalue weighted by atomic mass is 16.5. The van der Waals surface area contributed by atoms with Gasteiger partial charge in [-0.15, -0.1) is 0 Å². The molecule has 2 aliphatic heterocycles. The van der Waals surface area contributed by atoms with E-state index in [0.717, 1.165) is 69.2 Å². The molecule has 220 valence electrons. The van der Waals surface area contributed by atoms with E-state index >= 15 is 0 Å². The molecule has 11 nitrogen and oxygen atoms in total. The Kier molecular flexibility index (Phi) is 9.09. The summed E-state index contributed by atoms with van der Waals surface area (Å²) in [5.74, 6) is 1.93. The number of rotatable bonds is 9. The van der Waals surface area contributed by atoms with E-state index < -0.39 is 6.23 Å². The van der Waals surface area contributed by atoms with Crippen LogP contribution in [0.25, 0.3) is 0 Å². The number of hydrogen-bond donors (Lipinski definition) is 4. The minimum absolute atomic E-state index is 0.232. The lowest BCUT2D eigenvalue weighted by atomic mass is 10.0. The summed E-state index contributed by atoms with van der Waals surface area (Å²) in [7, 11) is 3.88. The number of aliphatic hydroxyl groups is 1. The van der Waals surface area contributed by atoms with Crippen LogP contribution < -0.4 is 31.2 Å². The van der Waals surface area contributed by atoms with Crippen LogP contribution in [0, 0.1) is 0 Å². The highest BCUT2D eigenvalue weighted by Crippen LogP contribution is 2.36. The maximum Gasteiger partial charge on any atom is 0.243 e. The van der Waals surface area contributed by atoms with Gasteiger partial charge in [0.2, 0.25) is 5.88 Å². The zero-order chi connectivity index (χ0) is 28.9. The first-order valence-electron chi connectivity index (χ1n) is 14.3. The number of nitrogens with zero attached hydrogens (tertiary/aromatic N) is 5. The number of nitrogen functional groups attached to an aromatic ring is 1. The van der Waals surface area contributed by atoms with E-state index in [-0.39, 0.29) is 5.69 Å². The van der Waals surface area contributed by atoms with E-state index in [4.69, 9.17) is 20.9 Å². The van der Waals surface area contributed by atoms with Crippen LogP contribution in [0.15, 0.2) is 42.5 Å². The van der Waals surface area contributed by atoms with E-state index in [0.29, 0.717) is 41.3 Å². The molecule has 2 fully saturated rings. The molecule has 0 radical (unpaired) electrons. The zero-order valence-electron chi connectivity index (χ0n) is 24.2. The fraction of sp³-hybridized carbons (Fsp3) is 0.467. The topological polar surface area (TPSA) is 138 Å². The summed E-state index contributed by atoms with van der Waals surface area (Å²) in [4.78, 5) is 16.7. The fourth-order valence-electron chi connectivity index (χ4n) is 5.58. The van der Waals surface area contributed by atoms with Crippen molar-refractivity contribution in [1.29, 1.82) is 0 Å². The van der Waals surface area contributed by atoms with Gasteiger partial charge in [-0.1, -0.05) is 13.0 Å². The molecule has 5 rings (SSSR count). The van der Waals surface area contributed by atoms with Crippen molar-refractivity contribution < 1.29 is 14.6 Å². The molecule has 41 heavy (non-hydrogen) atoms. The fourth-order valence-corrected chi connectivity index (χ4v) is 5.58. The van der Waals surface area contributed by atoms with Crippen LogP contribution in [0.4, 0.5) is 22.9 Å². The Bertz CT molecular complexity index is 1320. The number of piperazine rings is 1. The van der Waals surface area contributed by atoms with Gasteiger partial charge in [-0.25, -0.2) is 4.98 Å². The molecule has 6 N–H and O–H groups in total. The van der Waals surface area contributed by atoms with E-state index in [1.807, 2.05) is 25.1 Å². The molecule has 2 aromatic carbocycles. The summed E-state index contributed by atoms with van der Waals surface area (Å²) in [6.07, 6.45) is 1.50. The number of likely N-dealkylation sites (N-methyl/N-ethyl adjacent to an activating group) is 1. The Morgan fingerprint density at radius 2 is 1.80 bits per heavy atom. The maximum absolute atomic E-state index is 10.3. The number of anilines is 4. The van der Waals surface area contributed by atoms with Crippen molar-refractivity contribution in [2.75, 3.05) is 69.4 Å². The van der Waals surface area contributed by atoms with E-state index in [1.165, 1.54) is 0 Å². The second-order valence-corrected chi connectivity index (χ2v) is 10.8. The van der Waals surface area contributed by atoms with Gasteiger partial charge in [0.05, 0.1) is 12.8 Å². The monoisotopic (exact) mass is 562 g/mol. The van der Waals surface area contributed by atoms with Crippen molar-refractivity contribution in [1.82, 2.24) is 19.8 Å². The third-order valence-electron chi connectivity index (χ3n) is 7.95. The lowest BCUT2D eigenvalue weighted by molar-refractivity contribution is 0.0981. The molecule has 0 spiro atoms. The molecule has 3 heterocycles. The number of piperidine rings is 1. The van der Waals surface area contributed by atoms with Crippen molar-refractivity contribution in [3.8, 4) is 17.4 Å². The molecule has 2 aliphatic rings. The number of aliphatic hydroxyl groups excluding tert-OH is 1. The summed E-state index contributed by atoms with van der Waals surface area (Å²) in [5.41, 5.74) is 15.0. The van der Waals surface area contributed by atoms with Crippen molar-refractivity contribution in [2.24, 2.45) is 5.73 Å². The third kappa shape index (κ3) is 6.82. The first-order valence-corrected chi connectivity index (χ1v) is 14.3. The van der Waals surface area contributed by atoms with Gasteiger partial charge in [-0.05, 0) is 50.6 Å². The molecule has 0 aliphatic carbocycles. The average Bonchev–Trinajstić information content (AvgIpc) is 2.97. The Labute approximate surface area is 242 Å². The van der Waals surface area contributed by atoms with Gasteiger partial charge in [0.1, 0.15) is 29.1 Å². The summed E-state index contributed by atoms with van der Waals surface area (Å²) < 4.78 is 11.9. The standard InChI is InChI=1S/C30H42N8O3/c1-4-24-30(41-23-7-5-6-20(31)18-23)35-29(27(34-24)28(32)39)33-21-8-9-25(26(19-21)40-3)38-12-10-22(11-13-38)37-16-14-36(2)15-17-37/h5-9,18-19,22,28,39H,4,10-17,31-32H2,1-3H3,(H,33,35). The highest BCUT2D eigenvalue weighted by Gasteiger charge is 2.28. The number of ether oxygens (including phenoxy) is 2. The first kappa shape index (κ1) is 28.9. The van der Waals surface area contributed by atoms with Crippen LogP contribution in [-0.2, 0) is 6.42 Å². The van der Waals surface area contributed by atoms with Crippen molar-refractivity contribution in [3.05, 3.63) is 53.9 Å². The molecule has 0 bridgehead atoms. The predicted octanol–water partition coefficient (Wildman–Crippen LogP) is 3.33. The lowest BCUT2D eigenvalue weighted by Gasteiger charge is -2.42. The number of aromatic nitrogens is 2. The van der Waals surface area contributed by atoms with Gasteiger partial charge in [0.15, 0.2) is 5.82 Å². The molecule has 2 saturated heterocycles. The molecular formula is C30H42N8O3. The van der Waals surface area contributed by atoms with Crippen molar-refractivity contribution in [3.63, 3.8) is 0 Å². The lowest BCUT2D eigenvalue weighted by Crippen LogP contribution is -2.52. The quantitative estimate of drug-likeness (QED) is 0.226. The van der Waals surface area contributed by atoms with Crippen LogP contribution in [0.2, 0.25) is 0 Å². The molecule has 11 heteroatoms. The minimum Gasteiger partial charge on any atom is -0.495 e. The second kappa shape index (κ2) is 12.9. The summed E-state index contributed by atoms with van der Waals surface area (Å²) in [5, 5.41) is 13.6. The van der Waals surface area contributed by atoms with Gasteiger partial charge in [0.25, 0.3) is 0 Å². The number of nitrogens with two attached hydrogens (primary N) is 2. The summed E-state index contributed by atoms with van der Waals surface area (Å²) in [6, 6.07) is 13.7. The second-order valence-electron chi connectivity index (χ2n) is 10.8. The molecule has 0 amide bonds. The largest absolute Gasteiger partial charge is 0.495 e. The number of methoxy groups -OCH3 is 1. The number of nitrogens with one attached hydrogen (secondary N) is 1. The smallest absolute Gasteiger partial charge is 0.243 e. The molecule has 1 unspecified atom stereocenters. The Hall–Kier alpha value is -3.64. The molecule has 0 saturated carbocycles. The SMILES string of the molecule is CCc1nc(C(N)O)c(Nc2ccc(N3CCC(N4CCN(C)CC4)CC3)c(OC)c2)nc1Oc1cccc(N)c1. The Morgan fingerprint density at radius 1 is 1.05 bits per heavy atom. The van der Waals surface area contributed by atoms with E-state index in [2.05, 4.69) is 43.1 Å². The Morgan fingerprint density at radius 3 is 2.46 bits per heavy atom. The number of hydrogen-bond acceptors (Lipinski definition) is 11. The van der Waals surface area contributed by atoms with Crippen LogP contribution in [-0.4, -0.2) is 84.3 Å². The zero-order valence-corrected chi connectivity index (χ0v) is 24.2. The van der Waals surface area contributed by atoms with Gasteiger partial charge in [-0.2, -0.15) is 4.98 Å². The van der Waals surface area contributed by atoms with Crippen LogP contribution in [0.5, 0.6) is 17.4 Å². The number of aryl methyl sites for hydroxylation is 1. The van der Waals surface area contributed by atoms with Crippen LogP contribution in [0.1, 0.15) is 37.4 Å². The van der Waals surface area contributed by atoms with Crippen LogP contribution >= 0.6 is 0 Å². The van der Waals surface area contributed by atoms with E-state index in [1.54, 1.807) is 25.3 Å². The van der Waals surface area contributed by atoms with Gasteiger partial charge >= 0.3 is 0 Å². The van der Waals surface area contributed by atoms with E-state index in [9.17, 15) is 5.11 Å². The average molecular weight is 563 g/mol. The van der Waals surface area contributed by atoms with Gasteiger partial charge in [0, 0.05) is 68.8 Å².